The number of hydrogen-bond donors (Lipinski definition) is 0. The van der Waals surface area contributed by atoms with Gasteiger partial charge in [-0.15, -0.1) is 0 Å². The van der Waals surface area contributed by atoms with E-state index in [1.807, 2.05) is 23.7 Å². The van der Waals surface area contributed by atoms with Crippen LogP contribution in [0.25, 0.3) is 10.9 Å². The zero-order valence-electron chi connectivity index (χ0n) is 16.7. The first-order valence-corrected chi connectivity index (χ1v) is 9.63. The van der Waals surface area contributed by atoms with Crippen LogP contribution in [0.4, 0.5) is 5.69 Å². The maximum absolute atomic E-state index is 12.0. The lowest BCUT2D eigenvalue weighted by molar-refractivity contribution is -0.386. The van der Waals surface area contributed by atoms with Crippen LogP contribution in [0.2, 0.25) is 0 Å². The summed E-state index contributed by atoms with van der Waals surface area (Å²) in [6.45, 7) is 2.53. The Balaban J connectivity index is 1.80. The first-order chi connectivity index (χ1) is 14.5. The minimum Gasteiger partial charge on any atom is -0.465 e. The second-order valence-corrected chi connectivity index (χ2v) is 7.06. The van der Waals surface area contributed by atoms with Crippen molar-refractivity contribution in [3.8, 4) is 11.5 Å². The molecule has 156 valence electrons. The van der Waals surface area contributed by atoms with E-state index in [2.05, 4.69) is 9.84 Å². The van der Waals surface area contributed by atoms with Crippen molar-refractivity contribution in [2.24, 2.45) is 0 Å². The molecule has 0 bridgehead atoms. The molecule has 2 aromatic carbocycles. The average Bonchev–Trinajstić information content (AvgIpc) is 3.19. The number of rotatable bonds is 5. The third kappa shape index (κ3) is 3.48. The van der Waals surface area contributed by atoms with Gasteiger partial charge in [-0.1, -0.05) is 12.1 Å². The van der Waals surface area contributed by atoms with Gasteiger partial charge in [0, 0.05) is 6.61 Å². The Morgan fingerprint density at radius 2 is 2.13 bits per heavy atom. The van der Waals surface area contributed by atoms with E-state index in [0.717, 1.165) is 30.3 Å². The van der Waals surface area contributed by atoms with Crippen LogP contribution < -0.4 is 4.74 Å². The number of ether oxygens (including phenoxy) is 3. The number of aromatic nitrogens is 2. The first kappa shape index (κ1) is 19.8. The molecule has 3 aromatic rings. The molecule has 1 aromatic heterocycles. The third-order valence-corrected chi connectivity index (χ3v) is 5.16. The van der Waals surface area contributed by atoms with E-state index < -0.39 is 16.6 Å². The fraction of sp³-hybridized carbons (Fsp3) is 0.333. The molecule has 1 unspecified atom stereocenters. The van der Waals surface area contributed by atoms with E-state index >= 15 is 0 Å². The van der Waals surface area contributed by atoms with Crippen LogP contribution in [-0.2, 0) is 9.47 Å². The number of para-hydroxylation sites is 1. The van der Waals surface area contributed by atoms with Gasteiger partial charge >= 0.3 is 11.7 Å². The molecule has 1 saturated heterocycles. The molecule has 1 aliphatic rings. The van der Waals surface area contributed by atoms with Crippen LogP contribution in [0, 0.1) is 17.0 Å². The lowest BCUT2D eigenvalue weighted by Crippen LogP contribution is -2.18. The van der Waals surface area contributed by atoms with Crippen molar-refractivity contribution in [3.05, 3.63) is 57.8 Å². The number of nitro benzene ring substituents is 1. The van der Waals surface area contributed by atoms with Crippen molar-refractivity contribution in [3.63, 3.8) is 0 Å². The highest BCUT2D eigenvalue weighted by Gasteiger charge is 2.28. The lowest BCUT2D eigenvalue weighted by Gasteiger charge is -2.23. The minimum absolute atomic E-state index is 0.0415. The van der Waals surface area contributed by atoms with Crippen LogP contribution in [0.5, 0.6) is 11.5 Å². The van der Waals surface area contributed by atoms with E-state index in [-0.39, 0.29) is 17.5 Å². The van der Waals surface area contributed by atoms with Crippen molar-refractivity contribution in [2.75, 3.05) is 13.7 Å². The maximum Gasteiger partial charge on any atom is 0.345 e. The summed E-state index contributed by atoms with van der Waals surface area (Å²) in [7, 11) is 1.17. The van der Waals surface area contributed by atoms with Crippen LogP contribution in [0.1, 0.15) is 41.4 Å². The predicted octanol–water partition coefficient (Wildman–Crippen LogP) is 4.53. The van der Waals surface area contributed by atoms with E-state index in [9.17, 15) is 14.9 Å². The molecule has 9 nitrogen and oxygen atoms in total. The van der Waals surface area contributed by atoms with Crippen LogP contribution >= 0.6 is 0 Å². The van der Waals surface area contributed by atoms with E-state index in [0.29, 0.717) is 17.7 Å². The summed E-state index contributed by atoms with van der Waals surface area (Å²) in [6, 6.07) is 8.11. The Morgan fingerprint density at radius 1 is 1.30 bits per heavy atom. The topological polar surface area (TPSA) is 106 Å². The second kappa shape index (κ2) is 8.11. The van der Waals surface area contributed by atoms with Gasteiger partial charge in [0.1, 0.15) is 11.3 Å². The number of nitrogens with zero attached hydrogens (tertiary/aromatic N) is 3. The summed E-state index contributed by atoms with van der Waals surface area (Å²) in [5.74, 6) is -0.399. The Labute approximate surface area is 172 Å². The number of aryl methyl sites for hydroxylation is 1. The Kier molecular flexibility index (Phi) is 5.37. The molecule has 30 heavy (non-hydrogen) atoms. The highest BCUT2D eigenvalue weighted by molar-refractivity contribution is 5.95. The number of fused-ring (bicyclic) bond motifs is 1. The average molecular weight is 411 g/mol. The Bertz CT molecular complexity index is 1120. The zero-order chi connectivity index (χ0) is 21.3. The number of methoxy groups -OCH3 is 1. The van der Waals surface area contributed by atoms with Crippen molar-refractivity contribution >= 4 is 22.6 Å². The van der Waals surface area contributed by atoms with E-state index in [4.69, 9.17) is 9.47 Å². The molecule has 1 aliphatic heterocycles. The van der Waals surface area contributed by atoms with Crippen LogP contribution in [-0.4, -0.2) is 34.4 Å². The van der Waals surface area contributed by atoms with Gasteiger partial charge in [-0.2, -0.15) is 5.10 Å². The number of esters is 1. The number of nitro groups is 1. The number of carbonyl (C=O) groups excluding carboxylic acids is 1. The summed E-state index contributed by atoms with van der Waals surface area (Å²) < 4.78 is 18.3. The highest BCUT2D eigenvalue weighted by atomic mass is 16.6. The fourth-order valence-corrected chi connectivity index (χ4v) is 3.66. The Morgan fingerprint density at radius 3 is 2.83 bits per heavy atom. The van der Waals surface area contributed by atoms with Gasteiger partial charge in [0.2, 0.25) is 5.75 Å². The van der Waals surface area contributed by atoms with Crippen molar-refractivity contribution < 1.29 is 23.9 Å². The summed E-state index contributed by atoms with van der Waals surface area (Å²) in [5, 5.41) is 16.9. The van der Waals surface area contributed by atoms with Gasteiger partial charge in [0.25, 0.3) is 0 Å². The first-order valence-electron chi connectivity index (χ1n) is 9.63. The maximum atomic E-state index is 12.0. The zero-order valence-corrected chi connectivity index (χ0v) is 16.7. The Hall–Kier alpha value is -3.46. The van der Waals surface area contributed by atoms with Crippen molar-refractivity contribution in [1.82, 2.24) is 9.78 Å². The predicted molar refractivity (Wildman–Crippen MR) is 108 cm³/mol. The SMILES string of the molecule is COC(=O)c1cccc(Oc2c(C)ccc3c2cnn3C2CCCCO2)c1[N+](=O)[O-]. The molecular formula is C21H21N3O6. The molecular weight excluding hydrogens is 390 g/mol. The van der Waals surface area contributed by atoms with E-state index in [1.54, 1.807) is 6.20 Å². The van der Waals surface area contributed by atoms with E-state index in [1.165, 1.54) is 25.3 Å². The molecule has 0 spiro atoms. The molecule has 0 radical (unpaired) electrons. The fourth-order valence-electron chi connectivity index (χ4n) is 3.66. The van der Waals surface area contributed by atoms with Crippen LogP contribution in [0.3, 0.4) is 0 Å². The molecule has 1 atom stereocenters. The number of benzene rings is 2. The molecule has 0 N–H and O–H groups in total. The molecule has 9 heteroatoms. The van der Waals surface area contributed by atoms with Gasteiger partial charge in [-0.25, -0.2) is 9.48 Å². The highest BCUT2D eigenvalue weighted by Crippen LogP contribution is 2.40. The molecule has 0 amide bonds. The standard InChI is InChI=1S/C21H21N3O6/c1-13-9-10-16-15(12-22-23(16)18-8-3-4-11-29-18)20(13)30-17-7-5-6-14(21(25)28-2)19(17)24(26)27/h5-7,9-10,12,18H,3-4,8,11H2,1-2H3. The second-order valence-electron chi connectivity index (χ2n) is 7.06. The number of hydrogen-bond acceptors (Lipinski definition) is 7. The molecule has 1 fully saturated rings. The quantitative estimate of drug-likeness (QED) is 0.345. The van der Waals surface area contributed by atoms with Gasteiger partial charge < -0.3 is 14.2 Å². The minimum atomic E-state index is -0.802. The summed E-state index contributed by atoms with van der Waals surface area (Å²) in [6.07, 6.45) is 4.49. The van der Waals surface area contributed by atoms with Gasteiger partial charge in [0.15, 0.2) is 6.23 Å². The monoisotopic (exact) mass is 411 g/mol. The van der Waals surface area contributed by atoms with Crippen molar-refractivity contribution in [2.45, 2.75) is 32.4 Å². The summed E-state index contributed by atoms with van der Waals surface area (Å²) in [5.41, 5.74) is 0.985. The smallest absolute Gasteiger partial charge is 0.345 e. The van der Waals surface area contributed by atoms with Gasteiger partial charge in [-0.3, -0.25) is 10.1 Å². The van der Waals surface area contributed by atoms with Crippen molar-refractivity contribution in [1.29, 1.82) is 0 Å². The molecule has 0 aliphatic carbocycles. The van der Waals surface area contributed by atoms with Crippen LogP contribution in [0.15, 0.2) is 36.5 Å². The lowest BCUT2D eigenvalue weighted by atomic mass is 10.1. The third-order valence-electron chi connectivity index (χ3n) is 5.16. The molecule has 4 rings (SSSR count). The summed E-state index contributed by atoms with van der Waals surface area (Å²) >= 11 is 0. The largest absolute Gasteiger partial charge is 0.465 e. The van der Waals surface area contributed by atoms with Gasteiger partial charge in [0.05, 0.1) is 29.1 Å². The summed E-state index contributed by atoms with van der Waals surface area (Å²) in [4.78, 5) is 23.0. The van der Waals surface area contributed by atoms with Gasteiger partial charge in [-0.05, 0) is 49.9 Å². The molecule has 2 heterocycles. The molecule has 0 saturated carbocycles. The number of carbonyl (C=O) groups is 1. The normalized spacial score (nSPS) is 16.4.